The van der Waals surface area contributed by atoms with Crippen molar-refractivity contribution in [2.45, 2.75) is 34.1 Å². The van der Waals surface area contributed by atoms with Gasteiger partial charge in [-0.05, 0) is 68.1 Å². The molecule has 134 valence electrons. The largest absolute Gasteiger partial charge is 0.507 e. The number of aryl methyl sites for hydroxylation is 3. The molecule has 0 radical (unpaired) electrons. The molecule has 0 fully saturated rings. The van der Waals surface area contributed by atoms with Crippen molar-refractivity contribution >= 4 is 0 Å². The highest BCUT2D eigenvalue weighted by Crippen LogP contribution is 2.38. The molecule has 0 spiro atoms. The zero-order valence-corrected chi connectivity index (χ0v) is 15.3. The summed E-state index contributed by atoms with van der Waals surface area (Å²) in [5.41, 5.74) is 4.30. The highest BCUT2D eigenvalue weighted by molar-refractivity contribution is 5.79. The molecule has 1 aromatic heterocycles. The van der Waals surface area contributed by atoms with Crippen molar-refractivity contribution in [1.82, 2.24) is 0 Å². The molecule has 2 aromatic carbocycles. The van der Waals surface area contributed by atoms with E-state index in [1.165, 1.54) is 24.3 Å². The monoisotopic (exact) mass is 352 g/mol. The quantitative estimate of drug-likeness (QED) is 0.695. The van der Waals surface area contributed by atoms with Crippen LogP contribution in [0.5, 0.6) is 5.75 Å². The van der Waals surface area contributed by atoms with Crippen LogP contribution in [0.3, 0.4) is 0 Å². The van der Waals surface area contributed by atoms with E-state index in [9.17, 15) is 14.3 Å². The van der Waals surface area contributed by atoms with Gasteiger partial charge in [-0.25, -0.2) is 9.18 Å². The Morgan fingerprint density at radius 3 is 2.31 bits per heavy atom. The first-order chi connectivity index (χ1) is 12.3. The second-order valence-electron chi connectivity index (χ2n) is 6.54. The van der Waals surface area contributed by atoms with Crippen molar-refractivity contribution in [1.29, 1.82) is 0 Å². The Kier molecular flexibility index (Phi) is 4.68. The first kappa shape index (κ1) is 17.9. The van der Waals surface area contributed by atoms with Gasteiger partial charge in [-0.3, -0.25) is 0 Å². The SMILES string of the molecule is CCc1cc(C)cc(C)c1-c1c(O)c(C)c(-c2ccc(F)cc2)oc1=O. The third-order valence-corrected chi connectivity index (χ3v) is 4.63. The van der Waals surface area contributed by atoms with Crippen LogP contribution >= 0.6 is 0 Å². The minimum atomic E-state index is -0.603. The minimum Gasteiger partial charge on any atom is -0.507 e. The van der Waals surface area contributed by atoms with Crippen molar-refractivity contribution in [3.8, 4) is 28.2 Å². The molecule has 3 aromatic rings. The van der Waals surface area contributed by atoms with Crippen LogP contribution in [0.1, 0.15) is 29.2 Å². The van der Waals surface area contributed by atoms with Gasteiger partial charge < -0.3 is 9.52 Å². The molecule has 3 nitrogen and oxygen atoms in total. The molecule has 0 saturated heterocycles. The van der Waals surface area contributed by atoms with Crippen LogP contribution in [0.4, 0.5) is 4.39 Å². The van der Waals surface area contributed by atoms with Gasteiger partial charge >= 0.3 is 5.63 Å². The van der Waals surface area contributed by atoms with Crippen molar-refractivity contribution in [3.05, 3.63) is 74.9 Å². The summed E-state index contributed by atoms with van der Waals surface area (Å²) in [6.07, 6.45) is 0.732. The highest BCUT2D eigenvalue weighted by atomic mass is 19.1. The molecule has 26 heavy (non-hydrogen) atoms. The summed E-state index contributed by atoms with van der Waals surface area (Å²) in [7, 11) is 0. The fourth-order valence-electron chi connectivity index (χ4n) is 3.40. The van der Waals surface area contributed by atoms with E-state index in [0.717, 1.165) is 28.7 Å². The number of rotatable bonds is 3. The van der Waals surface area contributed by atoms with E-state index in [4.69, 9.17) is 4.42 Å². The van der Waals surface area contributed by atoms with Gasteiger partial charge in [0.1, 0.15) is 22.9 Å². The fraction of sp³-hybridized carbons (Fsp3) is 0.227. The maximum Gasteiger partial charge on any atom is 0.348 e. The molecule has 4 heteroatoms. The number of aromatic hydroxyl groups is 1. The predicted molar refractivity (Wildman–Crippen MR) is 101 cm³/mol. The molecule has 3 rings (SSSR count). The van der Waals surface area contributed by atoms with Crippen molar-refractivity contribution in [2.75, 3.05) is 0 Å². The van der Waals surface area contributed by atoms with E-state index in [-0.39, 0.29) is 22.9 Å². The lowest BCUT2D eigenvalue weighted by molar-refractivity contribution is 0.450. The van der Waals surface area contributed by atoms with Gasteiger partial charge in [0.2, 0.25) is 0 Å². The van der Waals surface area contributed by atoms with Crippen LogP contribution < -0.4 is 5.63 Å². The molecule has 0 aliphatic rings. The first-order valence-corrected chi connectivity index (χ1v) is 8.56. The van der Waals surface area contributed by atoms with E-state index in [0.29, 0.717) is 11.1 Å². The third kappa shape index (κ3) is 3.03. The van der Waals surface area contributed by atoms with Crippen LogP contribution in [0.25, 0.3) is 22.5 Å². The molecule has 0 amide bonds. The minimum absolute atomic E-state index is 0.0952. The maximum absolute atomic E-state index is 13.2. The molecule has 0 atom stereocenters. The lowest BCUT2D eigenvalue weighted by atomic mass is 9.91. The van der Waals surface area contributed by atoms with Gasteiger partial charge in [-0.15, -0.1) is 0 Å². The maximum atomic E-state index is 13.2. The van der Waals surface area contributed by atoms with Crippen LogP contribution in [0, 0.1) is 26.6 Å². The molecule has 0 aliphatic heterocycles. The molecule has 0 bridgehead atoms. The Bertz CT molecular complexity index is 1030. The average molecular weight is 352 g/mol. The molecule has 1 heterocycles. The normalized spacial score (nSPS) is 11.0. The summed E-state index contributed by atoms with van der Waals surface area (Å²) in [5, 5.41) is 10.8. The van der Waals surface area contributed by atoms with E-state index in [2.05, 4.69) is 0 Å². The van der Waals surface area contributed by atoms with Crippen LogP contribution in [-0.2, 0) is 6.42 Å². The second kappa shape index (κ2) is 6.79. The van der Waals surface area contributed by atoms with Gasteiger partial charge in [0.15, 0.2) is 0 Å². The topological polar surface area (TPSA) is 50.4 Å². The predicted octanol–water partition coefficient (Wildman–Crippen LogP) is 5.31. The summed E-state index contributed by atoms with van der Waals surface area (Å²) in [4.78, 5) is 12.8. The number of halogens is 1. The molecule has 0 saturated carbocycles. The van der Waals surface area contributed by atoms with Crippen LogP contribution in [-0.4, -0.2) is 5.11 Å². The van der Waals surface area contributed by atoms with Gasteiger partial charge in [0, 0.05) is 11.1 Å². The molecular formula is C22H21FO3. The van der Waals surface area contributed by atoms with Gasteiger partial charge in [0.05, 0.1) is 0 Å². The van der Waals surface area contributed by atoms with E-state index in [1.54, 1.807) is 6.92 Å². The zero-order valence-electron chi connectivity index (χ0n) is 15.3. The van der Waals surface area contributed by atoms with Gasteiger partial charge in [0.25, 0.3) is 0 Å². The highest BCUT2D eigenvalue weighted by Gasteiger charge is 2.22. The number of hydrogen-bond acceptors (Lipinski definition) is 3. The summed E-state index contributed by atoms with van der Waals surface area (Å²) < 4.78 is 18.7. The Labute approximate surface area is 151 Å². The van der Waals surface area contributed by atoms with Crippen LogP contribution in [0.2, 0.25) is 0 Å². The Balaban J connectivity index is 2.28. The third-order valence-electron chi connectivity index (χ3n) is 4.63. The first-order valence-electron chi connectivity index (χ1n) is 8.56. The lowest BCUT2D eigenvalue weighted by Crippen LogP contribution is -2.09. The Morgan fingerprint density at radius 2 is 1.69 bits per heavy atom. The number of benzene rings is 2. The van der Waals surface area contributed by atoms with E-state index >= 15 is 0 Å². The van der Waals surface area contributed by atoms with Gasteiger partial charge in [-0.1, -0.05) is 24.6 Å². The van der Waals surface area contributed by atoms with Crippen molar-refractivity contribution in [2.24, 2.45) is 0 Å². The average Bonchev–Trinajstić information content (AvgIpc) is 2.60. The smallest absolute Gasteiger partial charge is 0.348 e. The Morgan fingerprint density at radius 1 is 1.04 bits per heavy atom. The molecule has 1 N–H and O–H groups in total. The summed E-state index contributed by atoms with van der Waals surface area (Å²) in [6.45, 7) is 7.62. The summed E-state index contributed by atoms with van der Waals surface area (Å²) in [6, 6.07) is 9.63. The van der Waals surface area contributed by atoms with Crippen molar-refractivity contribution < 1.29 is 13.9 Å². The standard InChI is InChI=1S/C22H21FO3/c1-5-15-11-12(2)10-13(3)18(15)19-20(24)14(4)21(26-22(19)25)16-6-8-17(23)9-7-16/h6-11,24H,5H2,1-4H3. The Hall–Kier alpha value is -2.88. The fourth-order valence-corrected chi connectivity index (χ4v) is 3.40. The van der Waals surface area contributed by atoms with Crippen LogP contribution in [0.15, 0.2) is 45.6 Å². The molecule has 0 aliphatic carbocycles. The lowest BCUT2D eigenvalue weighted by Gasteiger charge is -2.16. The number of hydrogen-bond donors (Lipinski definition) is 1. The van der Waals surface area contributed by atoms with E-state index < -0.39 is 5.63 Å². The van der Waals surface area contributed by atoms with E-state index in [1.807, 2.05) is 32.9 Å². The second-order valence-corrected chi connectivity index (χ2v) is 6.54. The zero-order chi connectivity index (χ0) is 19.0. The summed E-state index contributed by atoms with van der Waals surface area (Å²) in [5.74, 6) is -0.223. The summed E-state index contributed by atoms with van der Waals surface area (Å²) >= 11 is 0. The van der Waals surface area contributed by atoms with Gasteiger partial charge in [-0.2, -0.15) is 0 Å². The molecule has 0 unspecified atom stereocenters. The molecular weight excluding hydrogens is 331 g/mol. The van der Waals surface area contributed by atoms with Crippen molar-refractivity contribution in [3.63, 3.8) is 0 Å².